The normalized spacial score (nSPS) is 17.9. The SMILES string of the molecule is CN1CCN(NC(=O)c2ccc(O)cc2)CC1. The van der Waals surface area contributed by atoms with Crippen LogP contribution in [-0.2, 0) is 0 Å². The smallest absolute Gasteiger partial charge is 0.265 e. The average Bonchev–Trinajstić information content (AvgIpc) is 2.33. The first-order valence-electron chi connectivity index (χ1n) is 5.68. The molecule has 0 aromatic heterocycles. The van der Waals surface area contributed by atoms with Gasteiger partial charge in [-0.1, -0.05) is 0 Å². The summed E-state index contributed by atoms with van der Waals surface area (Å²) in [6.07, 6.45) is 0. The molecule has 0 atom stereocenters. The van der Waals surface area contributed by atoms with Crippen LogP contribution in [-0.4, -0.2) is 54.1 Å². The summed E-state index contributed by atoms with van der Waals surface area (Å²) >= 11 is 0. The van der Waals surface area contributed by atoms with E-state index in [1.165, 1.54) is 12.1 Å². The van der Waals surface area contributed by atoms with Crippen molar-refractivity contribution in [1.82, 2.24) is 15.3 Å². The average molecular weight is 235 g/mol. The van der Waals surface area contributed by atoms with Gasteiger partial charge in [0.2, 0.25) is 0 Å². The number of likely N-dealkylation sites (N-methyl/N-ethyl adjacent to an activating group) is 1. The summed E-state index contributed by atoms with van der Waals surface area (Å²) < 4.78 is 0. The fraction of sp³-hybridized carbons (Fsp3) is 0.417. The molecular weight excluding hydrogens is 218 g/mol. The number of benzene rings is 1. The Balaban J connectivity index is 1.91. The molecule has 0 radical (unpaired) electrons. The minimum Gasteiger partial charge on any atom is -0.508 e. The predicted octanol–water partition coefficient (Wildman–Crippen LogP) is 0.284. The van der Waals surface area contributed by atoms with Crippen LogP contribution in [0.2, 0.25) is 0 Å². The lowest BCUT2D eigenvalue weighted by Crippen LogP contribution is -2.52. The highest BCUT2D eigenvalue weighted by molar-refractivity contribution is 5.93. The van der Waals surface area contributed by atoms with E-state index >= 15 is 0 Å². The van der Waals surface area contributed by atoms with Crippen molar-refractivity contribution in [2.75, 3.05) is 33.2 Å². The number of hydrogen-bond donors (Lipinski definition) is 2. The van der Waals surface area contributed by atoms with E-state index in [9.17, 15) is 4.79 Å². The van der Waals surface area contributed by atoms with E-state index in [0.29, 0.717) is 5.56 Å². The molecule has 1 aliphatic rings. The van der Waals surface area contributed by atoms with Crippen molar-refractivity contribution in [3.8, 4) is 5.75 Å². The molecule has 92 valence electrons. The molecule has 0 spiro atoms. The molecule has 1 aromatic carbocycles. The lowest BCUT2D eigenvalue weighted by Gasteiger charge is -2.32. The molecule has 2 N–H and O–H groups in total. The molecule has 0 bridgehead atoms. The van der Waals surface area contributed by atoms with Gasteiger partial charge in [-0.3, -0.25) is 10.2 Å². The molecular formula is C12H17N3O2. The van der Waals surface area contributed by atoms with Crippen molar-refractivity contribution >= 4 is 5.91 Å². The first kappa shape index (κ1) is 11.9. The summed E-state index contributed by atoms with van der Waals surface area (Å²) in [5.74, 6) is 0.0377. The fourth-order valence-corrected chi connectivity index (χ4v) is 1.74. The third-order valence-corrected chi connectivity index (χ3v) is 2.89. The Morgan fingerprint density at radius 2 is 1.76 bits per heavy atom. The lowest BCUT2D eigenvalue weighted by atomic mass is 10.2. The number of aromatic hydroxyl groups is 1. The lowest BCUT2D eigenvalue weighted by molar-refractivity contribution is 0.0662. The number of nitrogens with zero attached hydrogens (tertiary/aromatic N) is 2. The number of phenols is 1. The summed E-state index contributed by atoms with van der Waals surface area (Å²) in [4.78, 5) is 14.1. The first-order chi connectivity index (χ1) is 8.15. The topological polar surface area (TPSA) is 55.8 Å². The zero-order valence-electron chi connectivity index (χ0n) is 9.89. The molecule has 2 rings (SSSR count). The third kappa shape index (κ3) is 3.18. The molecule has 0 saturated carbocycles. The van der Waals surface area contributed by atoms with Gasteiger partial charge >= 0.3 is 0 Å². The summed E-state index contributed by atoms with van der Waals surface area (Å²) in [7, 11) is 2.07. The third-order valence-electron chi connectivity index (χ3n) is 2.89. The minimum absolute atomic E-state index is 0.130. The Hall–Kier alpha value is -1.59. The summed E-state index contributed by atoms with van der Waals surface area (Å²) in [5.41, 5.74) is 3.42. The number of carbonyl (C=O) groups is 1. The summed E-state index contributed by atoms with van der Waals surface area (Å²) in [6.45, 7) is 3.58. The molecule has 5 heteroatoms. The molecule has 1 aliphatic heterocycles. The van der Waals surface area contributed by atoms with Crippen LogP contribution in [0.3, 0.4) is 0 Å². The zero-order valence-corrected chi connectivity index (χ0v) is 9.89. The molecule has 1 saturated heterocycles. The van der Waals surface area contributed by atoms with Gasteiger partial charge < -0.3 is 10.0 Å². The van der Waals surface area contributed by atoms with Gasteiger partial charge in [-0.05, 0) is 31.3 Å². The number of piperazine rings is 1. The maximum atomic E-state index is 11.9. The Morgan fingerprint density at radius 3 is 2.35 bits per heavy atom. The van der Waals surface area contributed by atoms with E-state index in [4.69, 9.17) is 5.11 Å². The summed E-state index contributed by atoms with van der Waals surface area (Å²) in [5, 5.41) is 11.1. The number of rotatable bonds is 2. The van der Waals surface area contributed by atoms with Crippen LogP contribution in [0.5, 0.6) is 5.75 Å². The van der Waals surface area contributed by atoms with Gasteiger partial charge in [-0.2, -0.15) is 0 Å². The monoisotopic (exact) mass is 235 g/mol. The van der Waals surface area contributed by atoms with E-state index in [1.54, 1.807) is 12.1 Å². The number of amides is 1. The van der Waals surface area contributed by atoms with E-state index in [2.05, 4.69) is 17.4 Å². The summed E-state index contributed by atoms with van der Waals surface area (Å²) in [6, 6.07) is 6.25. The van der Waals surface area contributed by atoms with Crippen LogP contribution in [0.1, 0.15) is 10.4 Å². The zero-order chi connectivity index (χ0) is 12.3. The van der Waals surface area contributed by atoms with Crippen molar-refractivity contribution in [3.05, 3.63) is 29.8 Å². The van der Waals surface area contributed by atoms with Gasteiger partial charge in [0.25, 0.3) is 5.91 Å². The molecule has 1 heterocycles. The van der Waals surface area contributed by atoms with E-state index in [0.717, 1.165) is 26.2 Å². The van der Waals surface area contributed by atoms with Crippen molar-refractivity contribution in [1.29, 1.82) is 0 Å². The standard InChI is InChI=1S/C12H17N3O2/c1-14-6-8-15(9-7-14)13-12(17)10-2-4-11(16)5-3-10/h2-5,16H,6-9H2,1H3,(H,13,17). The number of nitrogens with one attached hydrogen (secondary N) is 1. The second-order valence-corrected chi connectivity index (χ2v) is 4.28. The maximum Gasteiger partial charge on any atom is 0.265 e. The van der Waals surface area contributed by atoms with E-state index in [1.807, 2.05) is 5.01 Å². The first-order valence-corrected chi connectivity index (χ1v) is 5.68. The van der Waals surface area contributed by atoms with Crippen molar-refractivity contribution in [3.63, 3.8) is 0 Å². The molecule has 1 fully saturated rings. The van der Waals surface area contributed by atoms with Crippen molar-refractivity contribution in [2.45, 2.75) is 0 Å². The molecule has 1 aromatic rings. The van der Waals surface area contributed by atoms with Gasteiger partial charge in [0, 0.05) is 31.7 Å². The maximum absolute atomic E-state index is 11.9. The number of hydrazine groups is 1. The molecule has 17 heavy (non-hydrogen) atoms. The van der Waals surface area contributed by atoms with Gasteiger partial charge in [0.15, 0.2) is 0 Å². The highest BCUT2D eigenvalue weighted by Crippen LogP contribution is 2.09. The molecule has 0 aliphatic carbocycles. The second kappa shape index (κ2) is 5.16. The van der Waals surface area contributed by atoms with Crippen LogP contribution in [0.15, 0.2) is 24.3 Å². The fourth-order valence-electron chi connectivity index (χ4n) is 1.74. The second-order valence-electron chi connectivity index (χ2n) is 4.28. The van der Waals surface area contributed by atoms with Crippen LogP contribution in [0.25, 0.3) is 0 Å². The quantitative estimate of drug-likeness (QED) is 0.773. The minimum atomic E-state index is -0.130. The van der Waals surface area contributed by atoms with Gasteiger partial charge in [0.05, 0.1) is 0 Å². The highest BCUT2D eigenvalue weighted by Gasteiger charge is 2.16. The van der Waals surface area contributed by atoms with Gasteiger partial charge in [0.1, 0.15) is 5.75 Å². The Labute approximate surface area is 101 Å². The van der Waals surface area contributed by atoms with E-state index in [-0.39, 0.29) is 11.7 Å². The Morgan fingerprint density at radius 1 is 1.18 bits per heavy atom. The number of hydrogen-bond acceptors (Lipinski definition) is 4. The van der Waals surface area contributed by atoms with Crippen molar-refractivity contribution < 1.29 is 9.90 Å². The molecule has 1 amide bonds. The van der Waals surface area contributed by atoms with Crippen LogP contribution in [0.4, 0.5) is 0 Å². The Bertz CT molecular complexity index is 383. The molecule has 0 unspecified atom stereocenters. The highest BCUT2D eigenvalue weighted by atomic mass is 16.3. The van der Waals surface area contributed by atoms with Crippen LogP contribution >= 0.6 is 0 Å². The number of phenolic OH excluding ortho intramolecular Hbond substituents is 1. The molecule has 5 nitrogen and oxygen atoms in total. The van der Waals surface area contributed by atoms with Gasteiger partial charge in [-0.25, -0.2) is 5.01 Å². The van der Waals surface area contributed by atoms with Crippen LogP contribution < -0.4 is 5.43 Å². The van der Waals surface area contributed by atoms with Gasteiger partial charge in [-0.15, -0.1) is 0 Å². The van der Waals surface area contributed by atoms with E-state index < -0.39 is 0 Å². The predicted molar refractivity (Wildman–Crippen MR) is 64.6 cm³/mol. The van der Waals surface area contributed by atoms with Crippen LogP contribution in [0, 0.1) is 0 Å². The Kier molecular flexibility index (Phi) is 3.61. The van der Waals surface area contributed by atoms with Crippen molar-refractivity contribution in [2.24, 2.45) is 0 Å². The largest absolute Gasteiger partial charge is 0.508 e. The number of carbonyl (C=O) groups excluding carboxylic acids is 1.